The van der Waals surface area contributed by atoms with Crippen LogP contribution in [0.3, 0.4) is 0 Å². The van der Waals surface area contributed by atoms with Crippen molar-refractivity contribution in [2.45, 2.75) is 33.2 Å². The SMILES string of the molecule is Cc1nn(-c2ccc(F)cc2F)c(C)c1CN1CCC2(CCNC2)C1.Cl. The van der Waals surface area contributed by atoms with E-state index in [2.05, 4.69) is 15.3 Å². The number of nitrogens with one attached hydrogen (secondary N) is 1. The van der Waals surface area contributed by atoms with E-state index < -0.39 is 11.6 Å². The lowest BCUT2D eigenvalue weighted by atomic mass is 9.86. The van der Waals surface area contributed by atoms with Crippen LogP contribution in [0, 0.1) is 30.9 Å². The van der Waals surface area contributed by atoms with Crippen molar-refractivity contribution < 1.29 is 8.78 Å². The van der Waals surface area contributed by atoms with Gasteiger partial charge in [-0.15, -0.1) is 12.4 Å². The highest BCUT2D eigenvalue weighted by Crippen LogP contribution is 2.37. The number of aromatic nitrogens is 2. The minimum absolute atomic E-state index is 0. The van der Waals surface area contributed by atoms with Crippen molar-refractivity contribution in [1.29, 1.82) is 0 Å². The third-order valence-corrected chi connectivity index (χ3v) is 5.81. The van der Waals surface area contributed by atoms with Crippen molar-refractivity contribution in [1.82, 2.24) is 20.0 Å². The summed E-state index contributed by atoms with van der Waals surface area (Å²) in [4.78, 5) is 2.48. The van der Waals surface area contributed by atoms with Crippen LogP contribution in [0.15, 0.2) is 18.2 Å². The zero-order chi connectivity index (χ0) is 17.6. The van der Waals surface area contributed by atoms with E-state index in [9.17, 15) is 8.78 Å². The number of likely N-dealkylation sites (tertiary alicyclic amines) is 1. The molecular formula is C19H25ClF2N4. The Labute approximate surface area is 159 Å². The first-order valence-corrected chi connectivity index (χ1v) is 8.91. The Morgan fingerprint density at radius 1 is 1.23 bits per heavy atom. The minimum atomic E-state index is -0.589. The Kier molecular flexibility index (Phi) is 5.37. The molecule has 142 valence electrons. The van der Waals surface area contributed by atoms with Gasteiger partial charge in [0.25, 0.3) is 0 Å². The number of hydrogen-bond acceptors (Lipinski definition) is 3. The molecule has 2 fully saturated rings. The molecule has 0 bridgehead atoms. The summed E-state index contributed by atoms with van der Waals surface area (Å²) < 4.78 is 28.9. The highest BCUT2D eigenvalue weighted by atomic mass is 35.5. The second-order valence-electron chi connectivity index (χ2n) is 7.54. The third kappa shape index (κ3) is 3.38. The molecule has 26 heavy (non-hydrogen) atoms. The van der Waals surface area contributed by atoms with E-state index in [0.29, 0.717) is 11.1 Å². The second kappa shape index (κ2) is 7.25. The summed E-state index contributed by atoms with van der Waals surface area (Å²) in [7, 11) is 0. The summed E-state index contributed by atoms with van der Waals surface area (Å²) in [5, 5.41) is 8.00. The average molecular weight is 383 g/mol. The number of nitrogens with zero attached hydrogens (tertiary/aromatic N) is 3. The fourth-order valence-corrected chi connectivity index (χ4v) is 4.32. The van der Waals surface area contributed by atoms with E-state index in [1.807, 2.05) is 13.8 Å². The number of aryl methyl sites for hydroxylation is 1. The average Bonchev–Trinajstić information content (AvgIpc) is 3.26. The molecule has 2 saturated heterocycles. The van der Waals surface area contributed by atoms with Crippen LogP contribution in [0.4, 0.5) is 8.78 Å². The van der Waals surface area contributed by atoms with Crippen LogP contribution >= 0.6 is 12.4 Å². The monoisotopic (exact) mass is 382 g/mol. The molecule has 0 aliphatic carbocycles. The maximum absolute atomic E-state index is 14.1. The van der Waals surface area contributed by atoms with Crippen LogP contribution in [0.5, 0.6) is 0 Å². The lowest BCUT2D eigenvalue weighted by Crippen LogP contribution is -2.29. The van der Waals surface area contributed by atoms with Crippen LogP contribution in [0.2, 0.25) is 0 Å². The molecule has 0 radical (unpaired) electrons. The fraction of sp³-hybridized carbons (Fsp3) is 0.526. The molecule has 1 spiro atoms. The summed E-state index contributed by atoms with van der Waals surface area (Å²) in [5.74, 6) is -1.16. The van der Waals surface area contributed by atoms with Crippen molar-refractivity contribution in [2.75, 3.05) is 26.2 Å². The normalized spacial score (nSPS) is 22.9. The quantitative estimate of drug-likeness (QED) is 0.883. The highest BCUT2D eigenvalue weighted by molar-refractivity contribution is 5.85. The van der Waals surface area contributed by atoms with Crippen LogP contribution < -0.4 is 5.32 Å². The predicted octanol–water partition coefficient (Wildman–Crippen LogP) is 3.37. The van der Waals surface area contributed by atoms with Gasteiger partial charge in [-0.05, 0) is 57.3 Å². The largest absolute Gasteiger partial charge is 0.316 e. The molecule has 2 aromatic rings. The van der Waals surface area contributed by atoms with Crippen molar-refractivity contribution >= 4 is 12.4 Å². The number of hydrogen-bond donors (Lipinski definition) is 1. The molecule has 1 atom stereocenters. The van der Waals surface area contributed by atoms with Crippen molar-refractivity contribution in [3.05, 3.63) is 46.8 Å². The molecule has 4 rings (SSSR count). The molecular weight excluding hydrogens is 358 g/mol. The third-order valence-electron chi connectivity index (χ3n) is 5.81. The molecule has 2 aliphatic rings. The lowest BCUT2D eigenvalue weighted by molar-refractivity contribution is 0.268. The minimum Gasteiger partial charge on any atom is -0.316 e. The van der Waals surface area contributed by atoms with Gasteiger partial charge in [0.1, 0.15) is 11.5 Å². The Bertz CT molecular complexity index is 799. The van der Waals surface area contributed by atoms with E-state index in [4.69, 9.17) is 0 Å². The van der Waals surface area contributed by atoms with Gasteiger partial charge in [-0.25, -0.2) is 13.5 Å². The van der Waals surface area contributed by atoms with Gasteiger partial charge in [0.15, 0.2) is 5.82 Å². The van der Waals surface area contributed by atoms with Gasteiger partial charge in [-0.3, -0.25) is 4.90 Å². The Morgan fingerprint density at radius 2 is 2.04 bits per heavy atom. The standard InChI is InChI=1S/C19H24F2N4.ClH/c1-13-16(10-24-8-6-19(12-24)5-7-22-11-19)14(2)25(23-13)18-4-3-15(20)9-17(18)21;/h3-4,9,22H,5-8,10-12H2,1-2H3;1H. The molecule has 2 aliphatic heterocycles. The number of rotatable bonds is 3. The summed E-state index contributed by atoms with van der Waals surface area (Å²) in [5.41, 5.74) is 3.71. The van der Waals surface area contributed by atoms with Crippen LogP contribution in [0.1, 0.15) is 29.8 Å². The van der Waals surface area contributed by atoms with Crippen LogP contribution in [-0.4, -0.2) is 40.9 Å². The molecule has 7 heteroatoms. The predicted molar refractivity (Wildman–Crippen MR) is 100 cm³/mol. The number of benzene rings is 1. The van der Waals surface area contributed by atoms with E-state index in [-0.39, 0.29) is 12.4 Å². The highest BCUT2D eigenvalue weighted by Gasteiger charge is 2.40. The van der Waals surface area contributed by atoms with Crippen LogP contribution in [-0.2, 0) is 6.54 Å². The molecule has 0 saturated carbocycles. The molecule has 1 unspecified atom stereocenters. The van der Waals surface area contributed by atoms with Crippen molar-refractivity contribution in [2.24, 2.45) is 5.41 Å². The molecule has 0 amide bonds. The fourth-order valence-electron chi connectivity index (χ4n) is 4.32. The van der Waals surface area contributed by atoms with E-state index >= 15 is 0 Å². The van der Waals surface area contributed by atoms with Gasteiger partial charge in [0.05, 0.1) is 5.69 Å². The van der Waals surface area contributed by atoms with Gasteiger partial charge >= 0.3 is 0 Å². The van der Waals surface area contributed by atoms with E-state index in [1.165, 1.54) is 25.0 Å². The molecule has 1 aromatic carbocycles. The first kappa shape index (κ1) is 19.3. The maximum atomic E-state index is 14.1. The summed E-state index contributed by atoms with van der Waals surface area (Å²) >= 11 is 0. The summed E-state index contributed by atoms with van der Waals surface area (Å²) in [6.45, 7) is 9.19. The molecule has 1 N–H and O–H groups in total. The van der Waals surface area contributed by atoms with Gasteiger partial charge < -0.3 is 5.32 Å². The van der Waals surface area contributed by atoms with E-state index in [1.54, 1.807) is 4.68 Å². The topological polar surface area (TPSA) is 33.1 Å². The Morgan fingerprint density at radius 3 is 2.73 bits per heavy atom. The molecule has 4 nitrogen and oxygen atoms in total. The Balaban J connectivity index is 0.00000196. The van der Waals surface area contributed by atoms with Crippen molar-refractivity contribution in [3.8, 4) is 5.69 Å². The lowest BCUT2D eigenvalue weighted by Gasteiger charge is -2.23. The van der Waals surface area contributed by atoms with Gasteiger partial charge in [0.2, 0.25) is 0 Å². The Hall–Kier alpha value is -1.50. The first-order valence-electron chi connectivity index (χ1n) is 8.91. The zero-order valence-corrected chi connectivity index (χ0v) is 16.0. The number of halogens is 3. The second-order valence-corrected chi connectivity index (χ2v) is 7.54. The molecule has 1 aromatic heterocycles. The van der Waals surface area contributed by atoms with Gasteiger partial charge in [-0.2, -0.15) is 5.10 Å². The summed E-state index contributed by atoms with van der Waals surface area (Å²) in [6, 6.07) is 3.62. The van der Waals surface area contributed by atoms with E-state index in [0.717, 1.165) is 55.7 Å². The van der Waals surface area contributed by atoms with Gasteiger partial charge in [-0.1, -0.05) is 0 Å². The summed E-state index contributed by atoms with van der Waals surface area (Å²) in [6.07, 6.45) is 2.49. The smallest absolute Gasteiger partial charge is 0.151 e. The van der Waals surface area contributed by atoms with Gasteiger partial charge in [0, 0.05) is 37.0 Å². The zero-order valence-electron chi connectivity index (χ0n) is 15.2. The molecule has 3 heterocycles. The van der Waals surface area contributed by atoms with Crippen LogP contribution in [0.25, 0.3) is 5.69 Å². The maximum Gasteiger partial charge on any atom is 0.151 e. The van der Waals surface area contributed by atoms with Crippen molar-refractivity contribution in [3.63, 3.8) is 0 Å². The first-order chi connectivity index (χ1) is 12.0.